The lowest BCUT2D eigenvalue weighted by Gasteiger charge is -2.35. The summed E-state index contributed by atoms with van der Waals surface area (Å²) < 4.78 is 17.7. The number of likely N-dealkylation sites (tertiary alicyclic amines) is 1. The Bertz CT molecular complexity index is 993. The summed E-state index contributed by atoms with van der Waals surface area (Å²) in [7, 11) is -0.523. The minimum Gasteiger partial charge on any atom is -0.444 e. The quantitative estimate of drug-likeness (QED) is 0.495. The van der Waals surface area contributed by atoms with E-state index in [1.54, 1.807) is 33.2 Å². The van der Waals surface area contributed by atoms with Crippen molar-refractivity contribution in [3.63, 3.8) is 0 Å². The monoisotopic (exact) mass is 545 g/mol. The second-order valence-corrected chi connectivity index (χ2v) is 13.3. The number of nitrogens with zero attached hydrogens (tertiary/aromatic N) is 4. The number of hydrogen-bond acceptors (Lipinski definition) is 8. The molecule has 1 N–H and O–H groups in total. The minimum absolute atomic E-state index is 0.0204. The zero-order chi connectivity index (χ0) is 29.3. The highest BCUT2D eigenvalue weighted by molar-refractivity contribution is 6.61. The third kappa shape index (κ3) is 7.42. The maximum atomic E-state index is 13.7. The molecule has 3 rings (SSSR count). The van der Waals surface area contributed by atoms with Crippen LogP contribution in [0.5, 0.6) is 0 Å². The second-order valence-electron chi connectivity index (χ2n) is 13.3. The molecule has 0 aromatic carbocycles. The van der Waals surface area contributed by atoms with Crippen molar-refractivity contribution in [3.05, 3.63) is 12.4 Å². The van der Waals surface area contributed by atoms with Crippen LogP contribution in [0, 0.1) is 5.92 Å². The molecule has 2 aliphatic rings. The van der Waals surface area contributed by atoms with E-state index in [4.69, 9.17) is 14.0 Å². The van der Waals surface area contributed by atoms with Crippen LogP contribution >= 0.6 is 0 Å². The molecule has 0 spiro atoms. The normalized spacial score (nSPS) is 21.4. The number of rotatable bonds is 8. The van der Waals surface area contributed by atoms with Gasteiger partial charge in [0.05, 0.1) is 11.2 Å². The summed E-state index contributed by atoms with van der Waals surface area (Å²) >= 11 is 0. The fraction of sp³-hybridized carbons (Fsp3) is 0.786. The molecule has 218 valence electrons. The van der Waals surface area contributed by atoms with E-state index in [1.807, 2.05) is 46.4 Å². The summed E-state index contributed by atoms with van der Waals surface area (Å²) in [6.07, 6.45) is 4.72. The third-order valence-corrected chi connectivity index (χ3v) is 7.74. The van der Waals surface area contributed by atoms with Gasteiger partial charge in [-0.25, -0.2) is 14.8 Å². The standard InChI is InChI=1S/C28H48BN5O5/c1-18(2)22(32-25(36)37-26(5,6)7)23(35)33-14-12-13-21(33)17-34(19(3)4)24-30-15-20(16-31-24)29-38-27(8,9)28(10,11)39-29/h15-16,18-19,21-22H,12-14,17H2,1-11H3,(H,32,36)/t21-,22+/m0/s1. The van der Waals surface area contributed by atoms with Crippen molar-refractivity contribution < 1.29 is 23.6 Å². The van der Waals surface area contributed by atoms with E-state index in [9.17, 15) is 9.59 Å². The predicted molar refractivity (Wildman–Crippen MR) is 153 cm³/mol. The summed E-state index contributed by atoms with van der Waals surface area (Å²) in [4.78, 5) is 39.5. The van der Waals surface area contributed by atoms with Gasteiger partial charge in [0.1, 0.15) is 11.6 Å². The Morgan fingerprint density at radius 2 is 1.69 bits per heavy atom. The third-order valence-electron chi connectivity index (χ3n) is 7.74. The van der Waals surface area contributed by atoms with Gasteiger partial charge in [-0.3, -0.25) is 4.79 Å². The molecule has 2 atom stereocenters. The average molecular weight is 546 g/mol. The molecule has 11 heteroatoms. The molecule has 2 fully saturated rings. The van der Waals surface area contributed by atoms with Crippen LogP contribution in [-0.2, 0) is 18.8 Å². The Kier molecular flexibility index (Phi) is 9.27. The first-order chi connectivity index (χ1) is 17.9. The lowest BCUT2D eigenvalue weighted by atomic mass is 9.81. The van der Waals surface area contributed by atoms with E-state index >= 15 is 0 Å². The molecule has 0 aliphatic carbocycles. The number of carbonyl (C=O) groups excluding carboxylic acids is 2. The van der Waals surface area contributed by atoms with E-state index in [-0.39, 0.29) is 23.9 Å². The van der Waals surface area contributed by atoms with Crippen molar-refractivity contribution in [2.45, 2.75) is 124 Å². The van der Waals surface area contributed by atoms with Crippen molar-refractivity contribution in [1.82, 2.24) is 20.2 Å². The van der Waals surface area contributed by atoms with Gasteiger partial charge in [-0.1, -0.05) is 13.8 Å². The van der Waals surface area contributed by atoms with Crippen LogP contribution in [0.4, 0.5) is 10.7 Å². The lowest BCUT2D eigenvalue weighted by molar-refractivity contribution is -0.135. The van der Waals surface area contributed by atoms with Crippen LogP contribution in [-0.4, -0.2) is 82.0 Å². The summed E-state index contributed by atoms with van der Waals surface area (Å²) in [6, 6.07) is -0.567. The Morgan fingerprint density at radius 1 is 1.13 bits per heavy atom. The van der Waals surface area contributed by atoms with E-state index in [0.29, 0.717) is 19.0 Å². The number of hydrogen-bond donors (Lipinski definition) is 1. The van der Waals surface area contributed by atoms with Gasteiger partial charge in [-0.15, -0.1) is 0 Å². The predicted octanol–water partition coefficient (Wildman–Crippen LogP) is 3.53. The number of ether oxygens (including phenoxy) is 1. The summed E-state index contributed by atoms with van der Waals surface area (Å²) in [5.41, 5.74) is -0.747. The molecule has 10 nitrogen and oxygen atoms in total. The molecular formula is C28H48BN5O5. The fourth-order valence-electron chi connectivity index (χ4n) is 4.77. The van der Waals surface area contributed by atoms with Gasteiger partial charge in [0.2, 0.25) is 11.9 Å². The minimum atomic E-state index is -0.664. The van der Waals surface area contributed by atoms with Gasteiger partial charge in [-0.2, -0.15) is 0 Å². The summed E-state index contributed by atoms with van der Waals surface area (Å²) in [5.74, 6) is 0.425. The lowest BCUT2D eigenvalue weighted by Crippen LogP contribution is -2.55. The van der Waals surface area contributed by atoms with Crippen molar-refractivity contribution in [2.24, 2.45) is 5.92 Å². The van der Waals surface area contributed by atoms with Gasteiger partial charge in [0.15, 0.2) is 0 Å². The topological polar surface area (TPSA) is 106 Å². The maximum Gasteiger partial charge on any atom is 0.498 e. The number of nitrogens with one attached hydrogen (secondary N) is 1. The van der Waals surface area contributed by atoms with E-state index in [2.05, 4.69) is 34.0 Å². The molecule has 2 aliphatic heterocycles. The van der Waals surface area contributed by atoms with Gasteiger partial charge in [0, 0.05) is 43.0 Å². The molecule has 0 unspecified atom stereocenters. The van der Waals surface area contributed by atoms with Crippen LogP contribution in [0.2, 0.25) is 0 Å². The van der Waals surface area contributed by atoms with Crippen LogP contribution < -0.4 is 15.7 Å². The van der Waals surface area contributed by atoms with Crippen molar-refractivity contribution >= 4 is 30.5 Å². The highest BCUT2D eigenvalue weighted by atomic mass is 16.7. The Balaban J connectivity index is 1.72. The molecule has 1 aromatic rings. The number of amides is 2. The van der Waals surface area contributed by atoms with Crippen molar-refractivity contribution in [3.8, 4) is 0 Å². The molecule has 0 saturated carbocycles. The van der Waals surface area contributed by atoms with Crippen molar-refractivity contribution in [2.75, 3.05) is 18.0 Å². The number of alkyl carbamates (subject to hydrolysis) is 1. The van der Waals surface area contributed by atoms with E-state index < -0.39 is 36.1 Å². The first-order valence-electron chi connectivity index (χ1n) is 14.2. The van der Waals surface area contributed by atoms with Crippen LogP contribution in [0.25, 0.3) is 0 Å². The summed E-state index contributed by atoms with van der Waals surface area (Å²) in [6.45, 7) is 22.8. The highest BCUT2D eigenvalue weighted by Gasteiger charge is 2.52. The second kappa shape index (κ2) is 11.6. The zero-order valence-corrected chi connectivity index (χ0v) is 25.7. The zero-order valence-electron chi connectivity index (χ0n) is 25.7. The van der Waals surface area contributed by atoms with Gasteiger partial charge >= 0.3 is 13.2 Å². The van der Waals surface area contributed by atoms with Gasteiger partial charge in [-0.05, 0) is 81.1 Å². The number of anilines is 1. The Labute approximate surface area is 234 Å². The molecular weight excluding hydrogens is 497 g/mol. The van der Waals surface area contributed by atoms with E-state index in [0.717, 1.165) is 18.3 Å². The number of aromatic nitrogens is 2. The van der Waals surface area contributed by atoms with E-state index in [1.165, 1.54) is 0 Å². The van der Waals surface area contributed by atoms with Crippen molar-refractivity contribution in [1.29, 1.82) is 0 Å². The molecule has 2 amide bonds. The molecule has 2 saturated heterocycles. The van der Waals surface area contributed by atoms with Gasteiger partial charge < -0.3 is 29.2 Å². The fourth-order valence-corrected chi connectivity index (χ4v) is 4.77. The average Bonchev–Trinajstić information content (AvgIpc) is 3.35. The highest BCUT2D eigenvalue weighted by Crippen LogP contribution is 2.36. The Hall–Kier alpha value is -2.40. The molecule has 0 radical (unpaired) electrons. The first-order valence-corrected chi connectivity index (χ1v) is 14.2. The van der Waals surface area contributed by atoms with Crippen LogP contribution in [0.1, 0.15) is 89.0 Å². The van der Waals surface area contributed by atoms with Crippen LogP contribution in [0.15, 0.2) is 12.4 Å². The smallest absolute Gasteiger partial charge is 0.444 e. The molecule has 0 bridgehead atoms. The SMILES string of the molecule is CC(C)[C@@H](NC(=O)OC(C)(C)C)C(=O)N1CCC[C@H]1CN(c1ncc(B2OC(C)(C)C(C)(C)O2)cn1)C(C)C. The van der Waals surface area contributed by atoms with Gasteiger partial charge in [0.25, 0.3) is 0 Å². The summed E-state index contributed by atoms with van der Waals surface area (Å²) in [5, 5.41) is 2.81. The first kappa shape index (κ1) is 31.1. The maximum absolute atomic E-state index is 13.7. The largest absolute Gasteiger partial charge is 0.498 e. The number of carbonyl (C=O) groups is 2. The van der Waals surface area contributed by atoms with Crippen LogP contribution in [0.3, 0.4) is 0 Å². The Morgan fingerprint density at radius 3 is 2.18 bits per heavy atom. The molecule has 39 heavy (non-hydrogen) atoms. The molecule has 1 aromatic heterocycles. The molecule has 3 heterocycles.